The van der Waals surface area contributed by atoms with Gasteiger partial charge in [-0.05, 0) is 53.4 Å². The molecule has 0 nitrogen and oxygen atoms in total. The molecule has 1 aromatic rings. The maximum absolute atomic E-state index is 2.46. The van der Waals surface area contributed by atoms with E-state index in [1.165, 1.54) is 32.1 Å². The molecular formula is C19H28. The van der Waals surface area contributed by atoms with Gasteiger partial charge in [0, 0.05) is 0 Å². The largest absolute Gasteiger partial charge is 0.0763 e. The highest BCUT2D eigenvalue weighted by Crippen LogP contribution is 2.47. The minimum Gasteiger partial charge on any atom is -0.0763 e. The predicted octanol–water partition coefficient (Wildman–Crippen LogP) is 5.97. The van der Waals surface area contributed by atoms with E-state index in [2.05, 4.69) is 38.1 Å². The highest BCUT2D eigenvalue weighted by Gasteiger charge is 2.31. The van der Waals surface area contributed by atoms with E-state index in [0.29, 0.717) is 0 Å². The van der Waals surface area contributed by atoms with Crippen molar-refractivity contribution >= 4 is 5.57 Å². The van der Waals surface area contributed by atoms with Gasteiger partial charge in [0.2, 0.25) is 0 Å². The van der Waals surface area contributed by atoms with Crippen molar-refractivity contribution in [3.8, 4) is 0 Å². The third-order valence-electron chi connectivity index (χ3n) is 4.57. The highest BCUT2D eigenvalue weighted by molar-refractivity contribution is 5.77. The monoisotopic (exact) mass is 256 g/mol. The second-order valence-corrected chi connectivity index (χ2v) is 5.74. The fourth-order valence-corrected chi connectivity index (χ4v) is 3.67. The number of benzene rings is 1. The summed E-state index contributed by atoms with van der Waals surface area (Å²) in [4.78, 5) is 0. The van der Waals surface area contributed by atoms with Crippen LogP contribution in [-0.4, -0.2) is 0 Å². The molecule has 2 aliphatic rings. The first-order valence-corrected chi connectivity index (χ1v) is 8.12. The second kappa shape index (κ2) is 6.41. The van der Waals surface area contributed by atoms with Crippen LogP contribution in [0.5, 0.6) is 0 Å². The summed E-state index contributed by atoms with van der Waals surface area (Å²) in [6, 6.07) is 6.96. The van der Waals surface area contributed by atoms with Crippen LogP contribution in [0.15, 0.2) is 24.3 Å². The molecule has 2 atom stereocenters. The molecule has 19 heavy (non-hydrogen) atoms. The lowest BCUT2D eigenvalue weighted by Gasteiger charge is -2.32. The lowest BCUT2D eigenvalue weighted by atomic mass is 9.72. The highest BCUT2D eigenvalue weighted by atomic mass is 14.4. The lowest BCUT2D eigenvalue weighted by molar-refractivity contribution is 0.419. The molecule has 0 spiro atoms. The van der Waals surface area contributed by atoms with Gasteiger partial charge in [0.25, 0.3) is 0 Å². The minimum absolute atomic E-state index is 0.806. The Morgan fingerprint density at radius 1 is 1.21 bits per heavy atom. The van der Waals surface area contributed by atoms with Crippen molar-refractivity contribution in [3.05, 3.63) is 41.0 Å². The topological polar surface area (TPSA) is 0 Å². The first-order chi connectivity index (χ1) is 9.31. The van der Waals surface area contributed by atoms with E-state index in [0.717, 1.165) is 11.8 Å². The fourth-order valence-electron chi connectivity index (χ4n) is 3.67. The molecule has 0 N–H and O–H groups in total. The summed E-state index contributed by atoms with van der Waals surface area (Å²) >= 11 is 0. The number of unbranched alkanes of at least 4 members (excludes halogenated alkanes) is 1. The first kappa shape index (κ1) is 14.4. The Kier molecular flexibility index (Phi) is 4.85. The Morgan fingerprint density at radius 3 is 2.74 bits per heavy atom. The third-order valence-corrected chi connectivity index (χ3v) is 4.57. The van der Waals surface area contributed by atoms with Crippen molar-refractivity contribution in [3.63, 3.8) is 0 Å². The molecule has 104 valence electrons. The summed E-state index contributed by atoms with van der Waals surface area (Å²) in [5.74, 6) is 1.63. The van der Waals surface area contributed by atoms with Crippen LogP contribution >= 0.6 is 0 Å². The molecule has 0 saturated heterocycles. The van der Waals surface area contributed by atoms with E-state index in [9.17, 15) is 0 Å². The van der Waals surface area contributed by atoms with E-state index in [4.69, 9.17) is 0 Å². The Labute approximate surface area is 118 Å². The molecular weight excluding hydrogens is 228 g/mol. The van der Waals surface area contributed by atoms with E-state index in [1.807, 2.05) is 13.8 Å². The van der Waals surface area contributed by atoms with Crippen molar-refractivity contribution in [2.45, 2.75) is 65.7 Å². The van der Waals surface area contributed by atoms with Crippen LogP contribution in [0.25, 0.3) is 5.57 Å². The average molecular weight is 256 g/mol. The van der Waals surface area contributed by atoms with Crippen LogP contribution in [-0.2, 0) is 6.42 Å². The molecule has 1 aromatic carbocycles. The maximum atomic E-state index is 2.46. The molecule has 2 aliphatic carbocycles. The predicted molar refractivity (Wildman–Crippen MR) is 85.5 cm³/mol. The zero-order chi connectivity index (χ0) is 13.8. The molecule has 3 rings (SSSR count). The Morgan fingerprint density at radius 2 is 2.00 bits per heavy atom. The number of allylic oxidation sites excluding steroid dienone is 2. The van der Waals surface area contributed by atoms with Gasteiger partial charge in [-0.15, -0.1) is 0 Å². The zero-order valence-corrected chi connectivity index (χ0v) is 13.0. The van der Waals surface area contributed by atoms with Gasteiger partial charge < -0.3 is 0 Å². The molecule has 0 amide bonds. The zero-order valence-electron chi connectivity index (χ0n) is 13.0. The van der Waals surface area contributed by atoms with Crippen LogP contribution in [0.3, 0.4) is 0 Å². The maximum Gasteiger partial charge on any atom is -0.00853 e. The molecule has 2 unspecified atom stereocenters. The van der Waals surface area contributed by atoms with Gasteiger partial charge in [0.1, 0.15) is 0 Å². The number of rotatable bonds is 3. The Balaban J connectivity index is 0.000000637. The van der Waals surface area contributed by atoms with Crippen LogP contribution < -0.4 is 0 Å². The summed E-state index contributed by atoms with van der Waals surface area (Å²) in [6.45, 7) is 8.74. The summed E-state index contributed by atoms with van der Waals surface area (Å²) < 4.78 is 0. The van der Waals surface area contributed by atoms with Crippen LogP contribution in [0.4, 0.5) is 0 Å². The second-order valence-electron chi connectivity index (χ2n) is 5.74. The molecule has 0 heterocycles. The number of hydrogen-bond donors (Lipinski definition) is 0. The average Bonchev–Trinajstić information content (AvgIpc) is 2.85. The Hall–Kier alpha value is -1.04. The summed E-state index contributed by atoms with van der Waals surface area (Å²) in [7, 11) is 0. The molecule has 0 fully saturated rings. The van der Waals surface area contributed by atoms with Crippen molar-refractivity contribution in [1.82, 2.24) is 0 Å². The molecule has 0 bridgehead atoms. The third kappa shape index (κ3) is 2.63. The van der Waals surface area contributed by atoms with Crippen molar-refractivity contribution in [2.75, 3.05) is 0 Å². The summed E-state index contributed by atoms with van der Waals surface area (Å²) in [6.07, 6.45) is 9.00. The van der Waals surface area contributed by atoms with Crippen LogP contribution in [0.1, 0.15) is 76.0 Å². The molecule has 0 aromatic heterocycles. The van der Waals surface area contributed by atoms with E-state index < -0.39 is 0 Å². The molecule has 0 saturated carbocycles. The first-order valence-electron chi connectivity index (χ1n) is 8.12. The van der Waals surface area contributed by atoms with Crippen LogP contribution in [0, 0.1) is 5.92 Å². The van der Waals surface area contributed by atoms with Crippen molar-refractivity contribution in [1.29, 1.82) is 0 Å². The van der Waals surface area contributed by atoms with Crippen molar-refractivity contribution < 1.29 is 0 Å². The van der Waals surface area contributed by atoms with Gasteiger partial charge in [0.15, 0.2) is 0 Å². The van der Waals surface area contributed by atoms with Gasteiger partial charge in [-0.3, -0.25) is 0 Å². The van der Waals surface area contributed by atoms with Gasteiger partial charge in [0.05, 0.1) is 0 Å². The smallest absolute Gasteiger partial charge is 0.00853 e. The van der Waals surface area contributed by atoms with Gasteiger partial charge in [-0.2, -0.15) is 0 Å². The minimum atomic E-state index is 0.806. The summed E-state index contributed by atoms with van der Waals surface area (Å²) in [5.41, 5.74) is 6.49. The van der Waals surface area contributed by atoms with Gasteiger partial charge in [-0.1, -0.05) is 64.8 Å². The van der Waals surface area contributed by atoms with Gasteiger partial charge in [-0.25, -0.2) is 0 Å². The number of hydrogen-bond acceptors (Lipinski definition) is 0. The molecule has 0 heteroatoms. The van der Waals surface area contributed by atoms with E-state index >= 15 is 0 Å². The molecule has 0 radical (unpaired) electrons. The van der Waals surface area contributed by atoms with Gasteiger partial charge >= 0.3 is 0 Å². The van der Waals surface area contributed by atoms with Crippen molar-refractivity contribution in [2.24, 2.45) is 5.92 Å². The summed E-state index contributed by atoms with van der Waals surface area (Å²) in [5, 5.41) is 0. The van der Waals surface area contributed by atoms with E-state index in [-0.39, 0.29) is 0 Å². The quantitative estimate of drug-likeness (QED) is 0.625. The normalized spacial score (nSPS) is 23.3. The molecule has 0 aliphatic heterocycles. The Bertz CT molecular complexity index is 453. The lowest BCUT2D eigenvalue weighted by Crippen LogP contribution is -2.17. The van der Waals surface area contributed by atoms with E-state index in [1.54, 1.807) is 22.3 Å². The fraction of sp³-hybridized carbons (Fsp3) is 0.579. The SMILES string of the molecule is CC.CCCCC1c2cccc3c2C(=CC3)CC1C. The van der Waals surface area contributed by atoms with Crippen LogP contribution in [0.2, 0.25) is 0 Å². The standard InChI is InChI=1S/C17H22.C2H6/c1-3-4-7-15-12(2)11-14-10-9-13-6-5-8-16(15)17(13)14;1-2/h5-6,8,10,12,15H,3-4,7,9,11H2,1-2H3;1-2H3.